The van der Waals surface area contributed by atoms with Gasteiger partial charge in [-0.2, -0.15) is 0 Å². The highest BCUT2D eigenvalue weighted by Gasteiger charge is 2.19. The molecule has 6 heteroatoms. The van der Waals surface area contributed by atoms with Gasteiger partial charge in [-0.15, -0.1) is 6.58 Å². The molecule has 12 heavy (non-hydrogen) atoms. The van der Waals surface area contributed by atoms with Gasteiger partial charge in [-0.25, -0.2) is 10.1 Å². The van der Waals surface area contributed by atoms with Gasteiger partial charge in [0.2, 0.25) is 0 Å². The monoisotopic (exact) mass is 170 g/mol. The van der Waals surface area contributed by atoms with Crippen LogP contribution in [-0.4, -0.2) is 35.5 Å². The van der Waals surface area contributed by atoms with Crippen molar-refractivity contribution in [2.75, 3.05) is 19.6 Å². The molecule has 0 radical (unpaired) electrons. The number of nitro groups is 1. The third-order valence-electron chi connectivity index (χ3n) is 1.49. The van der Waals surface area contributed by atoms with Crippen LogP contribution in [-0.2, 0) is 0 Å². The molecule has 0 saturated carbocycles. The second kappa shape index (κ2) is 3.70. The van der Waals surface area contributed by atoms with Crippen LogP contribution >= 0.6 is 0 Å². The van der Waals surface area contributed by atoms with Gasteiger partial charge in [-0.3, -0.25) is 0 Å². The average molecular weight is 170 g/mol. The molecule has 1 saturated heterocycles. The van der Waals surface area contributed by atoms with E-state index < -0.39 is 5.03 Å². The van der Waals surface area contributed by atoms with Gasteiger partial charge < -0.3 is 10.2 Å². The molecule has 1 aliphatic rings. The maximum absolute atomic E-state index is 10.0. The summed E-state index contributed by atoms with van der Waals surface area (Å²) in [6, 6.07) is 0. The summed E-state index contributed by atoms with van der Waals surface area (Å²) in [5.74, 6) is 0.319. The lowest BCUT2D eigenvalue weighted by atomic mass is 10.5. The molecule has 1 N–H and O–H groups in total. The molecular formula is C6H10N4O2. The molecular weight excluding hydrogens is 160 g/mol. The Hall–Kier alpha value is -1.59. The standard InChI is InChI=1S/C6H10N4O2/c1-2-4-9-5-3-7-6(9)8-10(11)12/h2H,1,3-5H2,(H,7,8). The molecule has 1 aliphatic heterocycles. The normalized spacial score (nSPS) is 19.3. The number of hydrogen-bond acceptors (Lipinski definition) is 2. The second-order valence-electron chi connectivity index (χ2n) is 2.32. The third kappa shape index (κ3) is 1.94. The number of rotatable bonds is 3. The van der Waals surface area contributed by atoms with Crippen molar-refractivity contribution in [1.29, 1.82) is 0 Å². The minimum Gasteiger partial charge on any atom is -0.349 e. The molecule has 66 valence electrons. The first-order valence-electron chi connectivity index (χ1n) is 3.56. The van der Waals surface area contributed by atoms with Crippen LogP contribution in [0.1, 0.15) is 0 Å². The Balaban J connectivity index is 2.62. The van der Waals surface area contributed by atoms with E-state index in [1.54, 1.807) is 11.0 Å². The summed E-state index contributed by atoms with van der Waals surface area (Å²) in [6.45, 7) is 5.56. The Bertz CT molecular complexity index is 226. The van der Waals surface area contributed by atoms with Crippen molar-refractivity contribution < 1.29 is 5.03 Å². The molecule has 0 unspecified atom stereocenters. The van der Waals surface area contributed by atoms with Gasteiger partial charge in [0.05, 0.1) is 0 Å². The maximum atomic E-state index is 10.0. The van der Waals surface area contributed by atoms with Crippen LogP contribution in [0.4, 0.5) is 0 Å². The number of hydrogen-bond donors (Lipinski definition) is 1. The van der Waals surface area contributed by atoms with E-state index in [4.69, 9.17) is 0 Å². The van der Waals surface area contributed by atoms with Crippen LogP contribution in [0.25, 0.3) is 0 Å². The van der Waals surface area contributed by atoms with E-state index >= 15 is 0 Å². The van der Waals surface area contributed by atoms with Crippen LogP contribution in [0, 0.1) is 10.1 Å². The van der Waals surface area contributed by atoms with E-state index in [0.29, 0.717) is 19.0 Å². The fourth-order valence-corrected chi connectivity index (χ4v) is 1.03. The largest absolute Gasteiger partial charge is 0.349 e. The molecule has 0 aromatic heterocycles. The Morgan fingerprint density at radius 1 is 1.92 bits per heavy atom. The SMILES string of the molecule is C=CCN1CCNC1=N[N+](=O)[O-]. The van der Waals surface area contributed by atoms with Gasteiger partial charge in [0, 0.05) is 19.6 Å². The first-order valence-corrected chi connectivity index (χ1v) is 3.56. The summed E-state index contributed by atoms with van der Waals surface area (Å²) in [7, 11) is 0. The number of hydrazone groups is 1. The molecule has 1 fully saturated rings. The predicted molar refractivity (Wildman–Crippen MR) is 44.2 cm³/mol. The van der Waals surface area contributed by atoms with Crippen LogP contribution in [0.5, 0.6) is 0 Å². The van der Waals surface area contributed by atoms with Crippen LogP contribution in [0.15, 0.2) is 17.8 Å². The van der Waals surface area contributed by atoms with Crippen LogP contribution in [0.3, 0.4) is 0 Å². The summed E-state index contributed by atoms with van der Waals surface area (Å²) in [4.78, 5) is 11.8. The molecule has 1 rings (SSSR count). The van der Waals surface area contributed by atoms with Crippen molar-refractivity contribution in [3.05, 3.63) is 22.8 Å². The summed E-state index contributed by atoms with van der Waals surface area (Å²) >= 11 is 0. The lowest BCUT2D eigenvalue weighted by Crippen LogP contribution is -2.31. The van der Waals surface area contributed by atoms with Crippen molar-refractivity contribution in [2.45, 2.75) is 0 Å². The summed E-state index contributed by atoms with van der Waals surface area (Å²) in [5.41, 5.74) is 0. The smallest absolute Gasteiger partial charge is 0.271 e. The first kappa shape index (κ1) is 8.51. The van der Waals surface area contributed by atoms with Crippen molar-refractivity contribution in [3.63, 3.8) is 0 Å². The van der Waals surface area contributed by atoms with Crippen LogP contribution < -0.4 is 5.32 Å². The Morgan fingerprint density at radius 3 is 3.25 bits per heavy atom. The molecule has 0 atom stereocenters. The van der Waals surface area contributed by atoms with E-state index in [9.17, 15) is 10.1 Å². The molecule has 0 spiro atoms. The highest BCUT2D eigenvalue weighted by molar-refractivity contribution is 5.81. The van der Waals surface area contributed by atoms with Gasteiger partial charge in [-0.05, 0) is 0 Å². The Kier molecular flexibility index (Phi) is 2.62. The van der Waals surface area contributed by atoms with E-state index in [1.165, 1.54) is 0 Å². The van der Waals surface area contributed by atoms with Crippen molar-refractivity contribution in [2.24, 2.45) is 5.10 Å². The second-order valence-corrected chi connectivity index (χ2v) is 2.32. The molecule has 1 heterocycles. The lowest BCUT2D eigenvalue weighted by molar-refractivity contribution is -0.485. The zero-order chi connectivity index (χ0) is 8.97. The van der Waals surface area contributed by atoms with Gasteiger partial charge in [0.25, 0.3) is 5.96 Å². The number of guanidine groups is 1. The average Bonchev–Trinajstić information content (AvgIpc) is 2.37. The van der Waals surface area contributed by atoms with Crippen LogP contribution in [0.2, 0.25) is 0 Å². The molecule has 0 amide bonds. The molecule has 0 aliphatic carbocycles. The number of nitrogens with one attached hydrogen (secondary N) is 1. The van der Waals surface area contributed by atoms with E-state index in [-0.39, 0.29) is 0 Å². The van der Waals surface area contributed by atoms with Crippen molar-refractivity contribution >= 4 is 5.96 Å². The Morgan fingerprint density at radius 2 is 2.67 bits per heavy atom. The first-order chi connectivity index (χ1) is 5.74. The van der Waals surface area contributed by atoms with Crippen molar-refractivity contribution in [3.8, 4) is 0 Å². The zero-order valence-corrected chi connectivity index (χ0v) is 6.56. The Labute approximate surface area is 69.7 Å². The summed E-state index contributed by atoms with van der Waals surface area (Å²) in [5, 5.41) is 15.3. The lowest BCUT2D eigenvalue weighted by Gasteiger charge is -2.11. The number of nitrogens with zero attached hydrogens (tertiary/aromatic N) is 3. The van der Waals surface area contributed by atoms with E-state index in [1.807, 2.05) is 0 Å². The zero-order valence-electron chi connectivity index (χ0n) is 6.56. The third-order valence-corrected chi connectivity index (χ3v) is 1.49. The molecule has 0 aromatic rings. The fraction of sp³-hybridized carbons (Fsp3) is 0.500. The quantitative estimate of drug-likeness (QED) is 0.356. The van der Waals surface area contributed by atoms with Gasteiger partial charge in [0.15, 0.2) is 5.03 Å². The van der Waals surface area contributed by atoms with E-state index in [2.05, 4.69) is 17.0 Å². The minimum absolute atomic E-state index is 0.319. The molecule has 0 bridgehead atoms. The van der Waals surface area contributed by atoms with Gasteiger partial charge in [-0.1, -0.05) is 6.08 Å². The minimum atomic E-state index is -0.705. The summed E-state index contributed by atoms with van der Waals surface area (Å²) in [6.07, 6.45) is 1.68. The van der Waals surface area contributed by atoms with Gasteiger partial charge >= 0.3 is 0 Å². The van der Waals surface area contributed by atoms with Gasteiger partial charge in [0.1, 0.15) is 5.10 Å². The molecule has 6 nitrogen and oxygen atoms in total. The fourth-order valence-electron chi connectivity index (χ4n) is 1.03. The molecule has 0 aromatic carbocycles. The summed E-state index contributed by atoms with van der Waals surface area (Å²) < 4.78 is 0. The topological polar surface area (TPSA) is 70.8 Å². The highest BCUT2D eigenvalue weighted by atomic mass is 16.7. The maximum Gasteiger partial charge on any atom is 0.271 e. The highest BCUT2D eigenvalue weighted by Crippen LogP contribution is 1.96. The van der Waals surface area contributed by atoms with Crippen molar-refractivity contribution in [1.82, 2.24) is 10.2 Å². The predicted octanol–water partition coefficient (Wildman–Crippen LogP) is -0.375. The van der Waals surface area contributed by atoms with E-state index in [0.717, 1.165) is 6.54 Å².